The van der Waals surface area contributed by atoms with E-state index in [0.29, 0.717) is 19.4 Å². The number of nitrogens with one attached hydrogen (secondary N) is 2. The maximum Gasteiger partial charge on any atom is 0.191 e. The molecule has 2 rings (SSSR count). The molecule has 1 unspecified atom stereocenters. The Hall–Kier alpha value is -1.06. The number of methoxy groups -OCH3 is 1. The van der Waals surface area contributed by atoms with Gasteiger partial charge < -0.3 is 20.5 Å². The monoisotopic (exact) mass is 518 g/mol. The van der Waals surface area contributed by atoms with E-state index in [1.165, 1.54) is 18.4 Å². The van der Waals surface area contributed by atoms with Gasteiger partial charge in [-0.05, 0) is 63.4 Å². The van der Waals surface area contributed by atoms with E-state index in [4.69, 9.17) is 4.74 Å². The summed E-state index contributed by atoms with van der Waals surface area (Å²) in [6.45, 7) is 10.3. The smallest absolute Gasteiger partial charge is 0.191 e. The molecule has 166 valence electrons. The zero-order chi connectivity index (χ0) is 20.4. The quantitative estimate of drug-likeness (QED) is 0.251. The SMILES string of the molecule is CCNC(=NCC(O)(CC)CC)NCC(c1cccc(OC)c1)N1CCCC1.I. The van der Waals surface area contributed by atoms with Crippen molar-refractivity contribution in [3.05, 3.63) is 29.8 Å². The molecule has 0 radical (unpaired) electrons. The van der Waals surface area contributed by atoms with Crippen molar-refractivity contribution < 1.29 is 9.84 Å². The summed E-state index contributed by atoms with van der Waals surface area (Å²) < 4.78 is 5.43. The van der Waals surface area contributed by atoms with Gasteiger partial charge in [0, 0.05) is 13.1 Å². The highest BCUT2D eigenvalue weighted by Crippen LogP contribution is 2.27. The summed E-state index contributed by atoms with van der Waals surface area (Å²) in [7, 11) is 1.71. The second-order valence-corrected chi connectivity index (χ2v) is 7.54. The van der Waals surface area contributed by atoms with Crippen LogP contribution in [0, 0.1) is 0 Å². The molecule has 0 aromatic heterocycles. The van der Waals surface area contributed by atoms with Crippen LogP contribution in [0.5, 0.6) is 5.75 Å². The predicted molar refractivity (Wildman–Crippen MR) is 131 cm³/mol. The van der Waals surface area contributed by atoms with E-state index in [9.17, 15) is 5.11 Å². The van der Waals surface area contributed by atoms with E-state index >= 15 is 0 Å². The molecule has 6 nitrogen and oxygen atoms in total. The maximum absolute atomic E-state index is 10.5. The molecule has 1 aromatic rings. The fourth-order valence-corrected chi connectivity index (χ4v) is 3.59. The fourth-order valence-electron chi connectivity index (χ4n) is 3.59. The van der Waals surface area contributed by atoms with Crippen LogP contribution in [0.1, 0.15) is 58.1 Å². The molecule has 0 aliphatic carbocycles. The second-order valence-electron chi connectivity index (χ2n) is 7.54. The molecule has 0 bridgehead atoms. The molecule has 0 spiro atoms. The van der Waals surface area contributed by atoms with Crippen molar-refractivity contribution in [2.45, 2.75) is 58.1 Å². The number of guanidine groups is 1. The van der Waals surface area contributed by atoms with Gasteiger partial charge in [0.1, 0.15) is 5.75 Å². The van der Waals surface area contributed by atoms with Gasteiger partial charge in [-0.3, -0.25) is 9.89 Å². The zero-order valence-electron chi connectivity index (χ0n) is 18.4. The van der Waals surface area contributed by atoms with Crippen molar-refractivity contribution in [1.82, 2.24) is 15.5 Å². The predicted octanol–water partition coefficient (Wildman–Crippen LogP) is 3.56. The zero-order valence-corrected chi connectivity index (χ0v) is 20.7. The van der Waals surface area contributed by atoms with E-state index in [0.717, 1.165) is 37.9 Å². The summed E-state index contributed by atoms with van der Waals surface area (Å²) in [6.07, 6.45) is 3.89. The highest BCUT2D eigenvalue weighted by molar-refractivity contribution is 14.0. The Bertz CT molecular complexity index is 617. The van der Waals surface area contributed by atoms with Crippen LogP contribution in [-0.2, 0) is 0 Å². The van der Waals surface area contributed by atoms with Crippen molar-refractivity contribution >= 4 is 29.9 Å². The fraction of sp³-hybridized carbons (Fsp3) is 0.682. The van der Waals surface area contributed by atoms with Crippen molar-refractivity contribution in [3.8, 4) is 5.75 Å². The summed E-state index contributed by atoms with van der Waals surface area (Å²) in [5, 5.41) is 17.4. The van der Waals surface area contributed by atoms with Gasteiger partial charge in [-0.15, -0.1) is 24.0 Å². The van der Waals surface area contributed by atoms with Gasteiger partial charge >= 0.3 is 0 Å². The standard InChI is InChI=1S/C22H38N4O2.HI/c1-5-22(27,6-2)17-25-21(23-7-3)24-16-20(26-13-8-9-14-26)18-11-10-12-19(15-18)28-4;/h10-12,15,20,27H,5-9,13-14,16-17H2,1-4H3,(H2,23,24,25);1H. The molecule has 1 aliphatic rings. The molecule has 1 atom stereocenters. The van der Waals surface area contributed by atoms with Crippen LogP contribution in [0.15, 0.2) is 29.3 Å². The van der Waals surface area contributed by atoms with Gasteiger partial charge in [0.05, 0.1) is 25.3 Å². The van der Waals surface area contributed by atoms with Gasteiger partial charge in [-0.25, -0.2) is 0 Å². The normalized spacial score (nSPS) is 16.2. The molecule has 1 heterocycles. The van der Waals surface area contributed by atoms with Gasteiger partial charge in [-0.2, -0.15) is 0 Å². The summed E-state index contributed by atoms with van der Waals surface area (Å²) >= 11 is 0. The van der Waals surface area contributed by atoms with Crippen molar-refractivity contribution in [2.24, 2.45) is 4.99 Å². The third-order valence-corrected chi connectivity index (χ3v) is 5.71. The number of ether oxygens (including phenoxy) is 1. The Morgan fingerprint density at radius 3 is 2.48 bits per heavy atom. The lowest BCUT2D eigenvalue weighted by atomic mass is 9.98. The minimum atomic E-state index is -0.733. The van der Waals surface area contributed by atoms with Gasteiger partial charge in [-0.1, -0.05) is 26.0 Å². The van der Waals surface area contributed by atoms with Crippen LogP contribution in [0.3, 0.4) is 0 Å². The summed E-state index contributed by atoms with van der Waals surface area (Å²) in [5.41, 5.74) is 0.520. The highest BCUT2D eigenvalue weighted by atomic mass is 127. The third kappa shape index (κ3) is 7.94. The lowest BCUT2D eigenvalue weighted by molar-refractivity contribution is 0.0418. The molecular formula is C22H39IN4O2. The Morgan fingerprint density at radius 1 is 1.21 bits per heavy atom. The summed E-state index contributed by atoms with van der Waals surface area (Å²) in [6, 6.07) is 8.60. The van der Waals surface area contributed by atoms with Crippen molar-refractivity contribution in [3.63, 3.8) is 0 Å². The lowest BCUT2D eigenvalue weighted by Crippen LogP contribution is -2.43. The number of halogens is 1. The molecule has 7 heteroatoms. The number of nitrogens with zero attached hydrogens (tertiary/aromatic N) is 2. The van der Waals surface area contributed by atoms with Crippen LogP contribution >= 0.6 is 24.0 Å². The molecule has 3 N–H and O–H groups in total. The van der Waals surface area contributed by atoms with E-state index < -0.39 is 5.60 Å². The number of aliphatic hydroxyl groups is 1. The molecule has 29 heavy (non-hydrogen) atoms. The van der Waals surface area contributed by atoms with Crippen LogP contribution in [0.25, 0.3) is 0 Å². The molecule has 1 saturated heterocycles. The number of rotatable bonds is 10. The molecule has 1 aromatic carbocycles. The number of benzene rings is 1. The first kappa shape index (κ1) is 26.0. The van der Waals surface area contributed by atoms with Crippen LogP contribution in [0.2, 0.25) is 0 Å². The van der Waals surface area contributed by atoms with E-state index in [-0.39, 0.29) is 30.0 Å². The topological polar surface area (TPSA) is 69.1 Å². The number of hydrogen-bond donors (Lipinski definition) is 3. The first-order valence-corrected chi connectivity index (χ1v) is 10.7. The maximum atomic E-state index is 10.5. The van der Waals surface area contributed by atoms with Crippen LogP contribution < -0.4 is 15.4 Å². The Labute approximate surface area is 193 Å². The first-order valence-electron chi connectivity index (χ1n) is 10.7. The lowest BCUT2D eigenvalue weighted by Gasteiger charge is -2.29. The van der Waals surface area contributed by atoms with Crippen LogP contribution in [-0.4, -0.2) is 61.4 Å². The molecule has 0 amide bonds. The van der Waals surface area contributed by atoms with Crippen molar-refractivity contribution in [2.75, 3.05) is 39.8 Å². The molecule has 1 aliphatic heterocycles. The van der Waals surface area contributed by atoms with E-state index in [1.54, 1.807) is 7.11 Å². The second kappa shape index (κ2) is 13.3. The number of aliphatic imine (C=N–C) groups is 1. The van der Waals surface area contributed by atoms with E-state index in [2.05, 4.69) is 45.6 Å². The first-order chi connectivity index (χ1) is 13.5. The average molecular weight is 518 g/mol. The van der Waals surface area contributed by atoms with Crippen molar-refractivity contribution in [1.29, 1.82) is 0 Å². The minimum absolute atomic E-state index is 0. The van der Waals surface area contributed by atoms with E-state index in [1.807, 2.05) is 19.9 Å². The minimum Gasteiger partial charge on any atom is -0.497 e. The summed E-state index contributed by atoms with van der Waals surface area (Å²) in [4.78, 5) is 7.18. The Morgan fingerprint density at radius 2 is 1.90 bits per heavy atom. The molecule has 0 saturated carbocycles. The Kier molecular flexibility index (Phi) is 11.9. The highest BCUT2D eigenvalue weighted by Gasteiger charge is 2.25. The van der Waals surface area contributed by atoms with Gasteiger partial charge in [0.15, 0.2) is 5.96 Å². The third-order valence-electron chi connectivity index (χ3n) is 5.71. The molecule has 1 fully saturated rings. The molecular weight excluding hydrogens is 479 g/mol. The Balaban J connectivity index is 0.00000420. The van der Waals surface area contributed by atoms with Gasteiger partial charge in [0.25, 0.3) is 0 Å². The summed E-state index contributed by atoms with van der Waals surface area (Å²) in [5.74, 6) is 1.65. The number of hydrogen-bond acceptors (Lipinski definition) is 4. The van der Waals surface area contributed by atoms with Gasteiger partial charge in [0.2, 0.25) is 0 Å². The van der Waals surface area contributed by atoms with Crippen LogP contribution in [0.4, 0.5) is 0 Å². The largest absolute Gasteiger partial charge is 0.497 e. The number of likely N-dealkylation sites (tertiary alicyclic amines) is 1. The average Bonchev–Trinajstić information content (AvgIpc) is 3.26.